The number of benzene rings is 1. The van der Waals surface area contributed by atoms with Gasteiger partial charge in [-0.2, -0.15) is 5.10 Å². The highest BCUT2D eigenvalue weighted by molar-refractivity contribution is 5.85. The molecule has 0 bridgehead atoms. The first kappa shape index (κ1) is 16.9. The molecule has 2 heterocycles. The van der Waals surface area contributed by atoms with Crippen LogP contribution in [0.25, 0.3) is 10.9 Å². The summed E-state index contributed by atoms with van der Waals surface area (Å²) in [7, 11) is 0. The zero-order chi connectivity index (χ0) is 17.4. The van der Waals surface area contributed by atoms with E-state index in [2.05, 4.69) is 53.9 Å². The van der Waals surface area contributed by atoms with Gasteiger partial charge < -0.3 is 10.2 Å². The maximum Gasteiger partial charge on any atom is 0.0709 e. The minimum atomic E-state index is 0.604. The molecule has 1 aromatic heterocycles. The van der Waals surface area contributed by atoms with E-state index in [4.69, 9.17) is 5.10 Å². The monoisotopic (exact) mass is 340 g/mol. The Balaban J connectivity index is 1.63. The number of aromatic nitrogens is 2. The Hall–Kier alpha value is -1.55. The number of aryl methyl sites for hydroxylation is 1. The molecule has 1 aliphatic carbocycles. The van der Waals surface area contributed by atoms with E-state index in [0.29, 0.717) is 12.1 Å². The van der Waals surface area contributed by atoms with Crippen molar-refractivity contribution in [3.8, 4) is 0 Å². The second kappa shape index (κ2) is 6.99. The summed E-state index contributed by atoms with van der Waals surface area (Å²) in [4.78, 5) is 2.56. The van der Waals surface area contributed by atoms with Gasteiger partial charge in [0.05, 0.1) is 17.3 Å². The number of fused-ring (bicyclic) bond motifs is 1. The number of rotatable bonds is 5. The van der Waals surface area contributed by atoms with Gasteiger partial charge in [0.1, 0.15) is 0 Å². The van der Waals surface area contributed by atoms with Gasteiger partial charge >= 0.3 is 0 Å². The SMILES string of the molecule is CCc1nn(C2CCC2)c2cc(N3CCN[C@@H](CC(C)C)C3)ccc12. The van der Waals surface area contributed by atoms with Gasteiger partial charge in [-0.05, 0) is 56.2 Å². The minimum Gasteiger partial charge on any atom is -0.369 e. The van der Waals surface area contributed by atoms with Crippen LogP contribution in [0.4, 0.5) is 5.69 Å². The maximum absolute atomic E-state index is 4.96. The molecule has 1 saturated carbocycles. The average Bonchev–Trinajstić information content (AvgIpc) is 2.91. The summed E-state index contributed by atoms with van der Waals surface area (Å²) >= 11 is 0. The second-order valence-corrected chi connectivity index (χ2v) is 8.26. The van der Waals surface area contributed by atoms with Crippen LogP contribution in [0, 0.1) is 5.92 Å². The predicted molar refractivity (Wildman–Crippen MR) is 105 cm³/mol. The van der Waals surface area contributed by atoms with Crippen molar-refractivity contribution >= 4 is 16.6 Å². The Morgan fingerprint density at radius 2 is 2.12 bits per heavy atom. The molecule has 0 unspecified atom stereocenters. The number of piperazine rings is 1. The van der Waals surface area contributed by atoms with Crippen LogP contribution >= 0.6 is 0 Å². The fourth-order valence-corrected chi connectivity index (χ4v) is 4.35. The standard InChI is InChI=1S/C21H32N4/c1-4-20-19-9-8-18(13-21(19)25(23-20)17-6-5-7-17)24-11-10-22-16(14-24)12-15(2)3/h8-9,13,15-17,22H,4-7,10-12,14H2,1-3H3/t16-/m0/s1. The smallest absolute Gasteiger partial charge is 0.0709 e. The zero-order valence-corrected chi connectivity index (χ0v) is 16.0. The fraction of sp³-hybridized carbons (Fsp3) is 0.667. The first-order chi connectivity index (χ1) is 12.2. The molecule has 2 aliphatic rings. The molecule has 4 nitrogen and oxygen atoms in total. The average molecular weight is 341 g/mol. The Morgan fingerprint density at radius 3 is 2.80 bits per heavy atom. The summed E-state index contributed by atoms with van der Waals surface area (Å²) in [6.07, 6.45) is 6.18. The second-order valence-electron chi connectivity index (χ2n) is 8.26. The third-order valence-electron chi connectivity index (χ3n) is 5.90. The lowest BCUT2D eigenvalue weighted by Gasteiger charge is -2.36. The van der Waals surface area contributed by atoms with Crippen LogP contribution < -0.4 is 10.2 Å². The van der Waals surface area contributed by atoms with E-state index >= 15 is 0 Å². The van der Waals surface area contributed by atoms with Gasteiger partial charge in [0, 0.05) is 36.7 Å². The third kappa shape index (κ3) is 3.29. The van der Waals surface area contributed by atoms with Gasteiger partial charge in [-0.15, -0.1) is 0 Å². The Morgan fingerprint density at radius 1 is 1.28 bits per heavy atom. The number of hydrogen-bond acceptors (Lipinski definition) is 3. The number of anilines is 1. The van der Waals surface area contributed by atoms with Gasteiger partial charge in [-0.3, -0.25) is 4.68 Å². The molecule has 1 saturated heterocycles. The van der Waals surface area contributed by atoms with Gasteiger partial charge in [0.15, 0.2) is 0 Å². The lowest BCUT2D eigenvalue weighted by molar-refractivity contribution is 0.296. The molecule has 136 valence electrons. The van der Waals surface area contributed by atoms with Crippen LogP contribution in [-0.2, 0) is 6.42 Å². The highest BCUT2D eigenvalue weighted by Crippen LogP contribution is 2.36. The molecule has 2 aromatic rings. The molecule has 1 aromatic carbocycles. The van der Waals surface area contributed by atoms with Crippen LogP contribution in [0.15, 0.2) is 18.2 Å². The molecular formula is C21H32N4. The van der Waals surface area contributed by atoms with Crippen LogP contribution in [0.2, 0.25) is 0 Å². The van der Waals surface area contributed by atoms with Crippen molar-refractivity contribution in [2.24, 2.45) is 5.92 Å². The molecule has 1 atom stereocenters. The molecular weight excluding hydrogens is 308 g/mol. The molecule has 1 N–H and O–H groups in total. The predicted octanol–water partition coefficient (Wildman–Crippen LogP) is 4.15. The van der Waals surface area contributed by atoms with Crippen molar-refractivity contribution in [3.05, 3.63) is 23.9 Å². The summed E-state index contributed by atoms with van der Waals surface area (Å²) in [5.74, 6) is 0.743. The number of hydrogen-bond donors (Lipinski definition) is 1. The van der Waals surface area contributed by atoms with Crippen molar-refractivity contribution < 1.29 is 0 Å². The largest absolute Gasteiger partial charge is 0.369 e. The number of nitrogens with zero attached hydrogens (tertiary/aromatic N) is 3. The highest BCUT2D eigenvalue weighted by atomic mass is 15.3. The van der Waals surface area contributed by atoms with Gasteiger partial charge in [0.25, 0.3) is 0 Å². The normalized spacial score (nSPS) is 21.9. The fourth-order valence-electron chi connectivity index (χ4n) is 4.35. The minimum absolute atomic E-state index is 0.604. The van der Waals surface area contributed by atoms with Crippen molar-refractivity contribution in [2.45, 2.75) is 65.0 Å². The third-order valence-corrected chi connectivity index (χ3v) is 5.90. The Kier molecular flexibility index (Phi) is 4.72. The first-order valence-corrected chi connectivity index (χ1v) is 10.1. The van der Waals surface area contributed by atoms with Crippen molar-refractivity contribution in [2.75, 3.05) is 24.5 Å². The molecule has 2 fully saturated rings. The van der Waals surface area contributed by atoms with Crippen LogP contribution in [0.1, 0.15) is 58.2 Å². The molecule has 0 amide bonds. The lowest BCUT2D eigenvalue weighted by Crippen LogP contribution is -2.51. The summed E-state index contributed by atoms with van der Waals surface area (Å²) in [6.45, 7) is 10.1. The van der Waals surface area contributed by atoms with Crippen LogP contribution in [-0.4, -0.2) is 35.5 Å². The van der Waals surface area contributed by atoms with E-state index in [9.17, 15) is 0 Å². The van der Waals surface area contributed by atoms with Crippen molar-refractivity contribution in [1.29, 1.82) is 0 Å². The Bertz CT molecular complexity index is 729. The van der Waals surface area contributed by atoms with Crippen LogP contribution in [0.5, 0.6) is 0 Å². The van der Waals surface area contributed by atoms with E-state index in [1.165, 1.54) is 48.0 Å². The number of nitrogens with one attached hydrogen (secondary N) is 1. The van der Waals surface area contributed by atoms with Crippen molar-refractivity contribution in [1.82, 2.24) is 15.1 Å². The van der Waals surface area contributed by atoms with E-state index in [-0.39, 0.29) is 0 Å². The van der Waals surface area contributed by atoms with E-state index < -0.39 is 0 Å². The molecule has 0 spiro atoms. The van der Waals surface area contributed by atoms with Crippen LogP contribution in [0.3, 0.4) is 0 Å². The van der Waals surface area contributed by atoms with E-state index in [0.717, 1.165) is 32.0 Å². The maximum atomic E-state index is 4.96. The molecule has 0 radical (unpaired) electrons. The summed E-state index contributed by atoms with van der Waals surface area (Å²) in [6, 6.07) is 8.25. The molecule has 25 heavy (non-hydrogen) atoms. The molecule has 4 heteroatoms. The van der Waals surface area contributed by atoms with Gasteiger partial charge in [-0.25, -0.2) is 0 Å². The summed E-state index contributed by atoms with van der Waals surface area (Å²) < 4.78 is 2.33. The summed E-state index contributed by atoms with van der Waals surface area (Å²) in [5, 5.41) is 10.00. The van der Waals surface area contributed by atoms with Gasteiger partial charge in [0.2, 0.25) is 0 Å². The first-order valence-electron chi connectivity index (χ1n) is 10.1. The lowest BCUT2D eigenvalue weighted by atomic mass is 9.93. The highest BCUT2D eigenvalue weighted by Gasteiger charge is 2.25. The van der Waals surface area contributed by atoms with E-state index in [1.807, 2.05) is 0 Å². The van der Waals surface area contributed by atoms with E-state index in [1.54, 1.807) is 0 Å². The summed E-state index contributed by atoms with van der Waals surface area (Å²) in [5.41, 5.74) is 3.97. The molecule has 4 rings (SSSR count). The van der Waals surface area contributed by atoms with Crippen molar-refractivity contribution in [3.63, 3.8) is 0 Å². The topological polar surface area (TPSA) is 33.1 Å². The molecule has 1 aliphatic heterocycles. The zero-order valence-electron chi connectivity index (χ0n) is 16.0. The quantitative estimate of drug-likeness (QED) is 0.888. The van der Waals surface area contributed by atoms with Gasteiger partial charge in [-0.1, -0.05) is 20.8 Å². The Labute approximate surface area is 151 Å².